The van der Waals surface area contributed by atoms with E-state index in [2.05, 4.69) is 16.5 Å². The van der Waals surface area contributed by atoms with E-state index in [-0.39, 0.29) is 0 Å². The Hall–Kier alpha value is -1.58. The van der Waals surface area contributed by atoms with Crippen molar-refractivity contribution in [3.8, 4) is 5.88 Å². The lowest BCUT2D eigenvalue weighted by Crippen LogP contribution is -2.00. The maximum absolute atomic E-state index is 5.36. The number of nitrogens with two attached hydrogens (primary N) is 1. The van der Waals surface area contributed by atoms with E-state index in [1.165, 1.54) is 12.4 Å². The lowest BCUT2D eigenvalue weighted by molar-refractivity contribution is 0.308. The highest BCUT2D eigenvalue weighted by Gasteiger charge is 1.95. The van der Waals surface area contributed by atoms with Gasteiger partial charge in [0.2, 0.25) is 5.88 Å². The van der Waals surface area contributed by atoms with Crippen molar-refractivity contribution in [3.05, 3.63) is 24.5 Å². The molecule has 4 nitrogen and oxygen atoms in total. The number of ether oxygens (including phenoxy) is 1. The number of rotatable bonds is 4. The summed E-state index contributed by atoms with van der Waals surface area (Å²) in [6.45, 7) is 6.30. The van der Waals surface area contributed by atoms with E-state index in [9.17, 15) is 0 Å². The van der Waals surface area contributed by atoms with E-state index in [0.29, 0.717) is 18.3 Å². The molecule has 0 saturated carbocycles. The Kier molecular flexibility index (Phi) is 3.25. The first-order valence-electron chi connectivity index (χ1n) is 4.03. The predicted octanol–water partition coefficient (Wildman–Crippen LogP) is 1.40. The molecule has 0 amide bonds. The molecule has 0 radical (unpaired) electrons. The van der Waals surface area contributed by atoms with Gasteiger partial charge in [0.25, 0.3) is 0 Å². The minimum atomic E-state index is 0.396. The van der Waals surface area contributed by atoms with Gasteiger partial charge < -0.3 is 10.5 Å². The van der Waals surface area contributed by atoms with Crippen LogP contribution >= 0.6 is 0 Å². The third kappa shape index (κ3) is 3.55. The molecule has 0 fully saturated rings. The summed E-state index contributed by atoms with van der Waals surface area (Å²) in [5, 5.41) is 0. The molecule has 0 atom stereocenters. The molecule has 0 aliphatic carbocycles. The highest BCUT2D eigenvalue weighted by molar-refractivity contribution is 5.24. The van der Waals surface area contributed by atoms with Crippen LogP contribution in [0.3, 0.4) is 0 Å². The van der Waals surface area contributed by atoms with Gasteiger partial charge in [-0.3, -0.25) is 0 Å². The van der Waals surface area contributed by atoms with Gasteiger partial charge in [0, 0.05) is 6.42 Å². The van der Waals surface area contributed by atoms with E-state index in [1.807, 2.05) is 6.92 Å². The summed E-state index contributed by atoms with van der Waals surface area (Å²) in [5.41, 5.74) is 6.45. The van der Waals surface area contributed by atoms with Gasteiger partial charge in [0.15, 0.2) is 0 Å². The molecular weight excluding hydrogens is 166 g/mol. The number of nitrogens with zero attached hydrogens (tertiary/aromatic N) is 2. The smallest absolute Gasteiger partial charge is 0.232 e. The maximum Gasteiger partial charge on any atom is 0.232 e. The molecule has 1 aromatic heterocycles. The average Bonchev–Trinajstić information content (AvgIpc) is 2.08. The van der Waals surface area contributed by atoms with Gasteiger partial charge in [-0.15, -0.1) is 6.58 Å². The summed E-state index contributed by atoms with van der Waals surface area (Å²) >= 11 is 0. The summed E-state index contributed by atoms with van der Waals surface area (Å²) in [7, 11) is 0. The molecule has 0 aliphatic rings. The normalized spacial score (nSPS) is 9.62. The van der Waals surface area contributed by atoms with E-state index in [4.69, 9.17) is 10.5 Å². The van der Waals surface area contributed by atoms with Crippen LogP contribution < -0.4 is 10.5 Å². The second-order valence-electron chi connectivity index (χ2n) is 2.84. The fourth-order valence-electron chi connectivity index (χ4n) is 0.731. The molecule has 13 heavy (non-hydrogen) atoms. The third-order valence-electron chi connectivity index (χ3n) is 1.43. The summed E-state index contributed by atoms with van der Waals surface area (Å²) in [4.78, 5) is 7.78. The molecule has 1 heterocycles. The van der Waals surface area contributed by atoms with Gasteiger partial charge in [0.1, 0.15) is 5.82 Å². The van der Waals surface area contributed by atoms with Gasteiger partial charge in [-0.2, -0.15) is 0 Å². The molecule has 0 saturated heterocycles. The third-order valence-corrected chi connectivity index (χ3v) is 1.43. The molecule has 0 aliphatic heterocycles. The monoisotopic (exact) mass is 179 g/mol. The molecule has 70 valence electrons. The minimum absolute atomic E-state index is 0.396. The summed E-state index contributed by atoms with van der Waals surface area (Å²) in [6.07, 6.45) is 3.80. The largest absolute Gasteiger partial charge is 0.476 e. The van der Waals surface area contributed by atoms with Crippen molar-refractivity contribution < 1.29 is 4.74 Å². The van der Waals surface area contributed by atoms with Gasteiger partial charge in [-0.25, -0.2) is 9.97 Å². The van der Waals surface area contributed by atoms with Crippen molar-refractivity contribution in [3.63, 3.8) is 0 Å². The van der Waals surface area contributed by atoms with E-state index >= 15 is 0 Å². The molecule has 0 bridgehead atoms. The van der Waals surface area contributed by atoms with Crippen LogP contribution in [0.5, 0.6) is 5.88 Å². The number of nitrogen functional groups attached to an aromatic ring is 1. The first-order valence-corrected chi connectivity index (χ1v) is 4.03. The Morgan fingerprint density at radius 3 is 2.85 bits per heavy atom. The Labute approximate surface area is 77.5 Å². The van der Waals surface area contributed by atoms with Crippen molar-refractivity contribution in [1.82, 2.24) is 9.97 Å². The van der Waals surface area contributed by atoms with Crippen LogP contribution in [0.2, 0.25) is 0 Å². The first-order chi connectivity index (χ1) is 6.18. The molecule has 0 spiro atoms. The molecule has 2 N–H and O–H groups in total. The summed E-state index contributed by atoms with van der Waals surface area (Å²) in [6, 6.07) is 0. The second-order valence-corrected chi connectivity index (χ2v) is 2.84. The van der Waals surface area contributed by atoms with Crippen LogP contribution in [-0.2, 0) is 0 Å². The van der Waals surface area contributed by atoms with Crippen molar-refractivity contribution in [2.45, 2.75) is 13.3 Å². The fraction of sp³-hybridized carbons (Fsp3) is 0.333. The zero-order chi connectivity index (χ0) is 9.68. The standard InChI is InChI=1S/C9H13N3O/c1-7(2)3-4-13-9-6-11-8(10)5-12-9/h5-6H,1,3-4H2,2H3,(H2,10,11). The van der Waals surface area contributed by atoms with Crippen LogP contribution in [0, 0.1) is 0 Å². The number of hydrogen-bond acceptors (Lipinski definition) is 4. The quantitative estimate of drug-likeness (QED) is 0.710. The molecule has 0 aromatic carbocycles. The zero-order valence-corrected chi connectivity index (χ0v) is 7.66. The van der Waals surface area contributed by atoms with Crippen molar-refractivity contribution >= 4 is 5.82 Å². The van der Waals surface area contributed by atoms with Crippen LogP contribution in [-0.4, -0.2) is 16.6 Å². The van der Waals surface area contributed by atoms with Crippen molar-refractivity contribution in [1.29, 1.82) is 0 Å². The summed E-state index contributed by atoms with van der Waals surface area (Å²) < 4.78 is 5.28. The van der Waals surface area contributed by atoms with Crippen molar-refractivity contribution in [2.24, 2.45) is 0 Å². The highest BCUT2D eigenvalue weighted by Crippen LogP contribution is 2.06. The second kappa shape index (κ2) is 4.45. The van der Waals surface area contributed by atoms with Crippen LogP contribution in [0.1, 0.15) is 13.3 Å². The molecule has 1 aromatic rings. The maximum atomic E-state index is 5.36. The van der Waals surface area contributed by atoms with Gasteiger partial charge >= 0.3 is 0 Å². The topological polar surface area (TPSA) is 61.0 Å². The molecule has 4 heteroatoms. The summed E-state index contributed by atoms with van der Waals surface area (Å²) in [5.74, 6) is 0.891. The van der Waals surface area contributed by atoms with Crippen molar-refractivity contribution in [2.75, 3.05) is 12.3 Å². The molecule has 0 unspecified atom stereocenters. The van der Waals surface area contributed by atoms with E-state index < -0.39 is 0 Å². The zero-order valence-electron chi connectivity index (χ0n) is 7.66. The Morgan fingerprint density at radius 1 is 1.54 bits per heavy atom. The molecular formula is C9H13N3O. The van der Waals surface area contributed by atoms with Crippen LogP contribution in [0.25, 0.3) is 0 Å². The first kappa shape index (κ1) is 9.51. The number of anilines is 1. The average molecular weight is 179 g/mol. The molecule has 1 rings (SSSR count). The SMILES string of the molecule is C=C(C)CCOc1cnc(N)cn1. The minimum Gasteiger partial charge on any atom is -0.476 e. The van der Waals surface area contributed by atoms with Gasteiger partial charge in [-0.05, 0) is 6.92 Å². The lowest BCUT2D eigenvalue weighted by Gasteiger charge is -2.03. The van der Waals surface area contributed by atoms with E-state index in [0.717, 1.165) is 12.0 Å². The van der Waals surface area contributed by atoms with Crippen LogP contribution in [0.15, 0.2) is 24.5 Å². The highest BCUT2D eigenvalue weighted by atomic mass is 16.5. The van der Waals surface area contributed by atoms with Crippen LogP contribution in [0.4, 0.5) is 5.82 Å². The Bertz CT molecular complexity index is 281. The number of hydrogen-bond donors (Lipinski definition) is 1. The van der Waals surface area contributed by atoms with E-state index in [1.54, 1.807) is 0 Å². The lowest BCUT2D eigenvalue weighted by atomic mass is 10.3. The van der Waals surface area contributed by atoms with Gasteiger partial charge in [-0.1, -0.05) is 5.57 Å². The van der Waals surface area contributed by atoms with Gasteiger partial charge in [0.05, 0.1) is 19.0 Å². The Morgan fingerprint density at radius 2 is 2.31 bits per heavy atom. The Balaban J connectivity index is 2.37. The fourth-order valence-corrected chi connectivity index (χ4v) is 0.731. The predicted molar refractivity (Wildman–Crippen MR) is 51.4 cm³/mol. The number of aromatic nitrogens is 2.